The topological polar surface area (TPSA) is 38.3 Å². The molecule has 0 saturated heterocycles. The normalized spacial score (nSPS) is 18.8. The summed E-state index contributed by atoms with van der Waals surface area (Å²) in [6.45, 7) is 1.46. The summed E-state index contributed by atoms with van der Waals surface area (Å²) < 4.78 is 19.3. The van der Waals surface area contributed by atoms with Crippen molar-refractivity contribution in [3.05, 3.63) is 71.0 Å². The predicted molar refractivity (Wildman–Crippen MR) is 97.1 cm³/mol. The Morgan fingerprint density at radius 2 is 1.96 bits per heavy atom. The molecule has 1 atom stereocenters. The van der Waals surface area contributed by atoms with Crippen LogP contribution >= 0.6 is 0 Å². The lowest BCUT2D eigenvalue weighted by molar-refractivity contribution is -0.117. The van der Waals surface area contributed by atoms with Crippen LogP contribution < -0.4 is 10.1 Å². The minimum atomic E-state index is -0.532. The van der Waals surface area contributed by atoms with Crippen LogP contribution in [0, 0.1) is 0 Å². The number of ether oxygens (including phenoxy) is 1. The number of hydrogen-bond donors (Lipinski definition) is 1. The number of fused-ring (bicyclic) bond motifs is 1. The Labute approximate surface area is 147 Å². The van der Waals surface area contributed by atoms with Gasteiger partial charge in [-0.2, -0.15) is 0 Å². The number of halogens is 1. The van der Waals surface area contributed by atoms with Crippen LogP contribution in [0.2, 0.25) is 0 Å². The van der Waals surface area contributed by atoms with Crippen molar-refractivity contribution < 1.29 is 13.9 Å². The number of para-hydroxylation sites is 1. The van der Waals surface area contributed by atoms with Crippen LogP contribution in [0.1, 0.15) is 30.0 Å². The van der Waals surface area contributed by atoms with Gasteiger partial charge >= 0.3 is 0 Å². The molecule has 130 valence electrons. The van der Waals surface area contributed by atoms with Crippen LogP contribution in [-0.2, 0) is 17.9 Å². The van der Waals surface area contributed by atoms with Gasteiger partial charge in [-0.25, -0.2) is 4.39 Å². The summed E-state index contributed by atoms with van der Waals surface area (Å²) in [6, 6.07) is 14.8. The molecule has 0 spiro atoms. The Kier molecular flexibility index (Phi) is 5.29. The van der Waals surface area contributed by atoms with E-state index in [1.54, 1.807) is 12.1 Å². The van der Waals surface area contributed by atoms with E-state index in [0.717, 1.165) is 16.7 Å². The second-order valence-electron chi connectivity index (χ2n) is 6.29. The molecule has 0 fully saturated rings. The molecule has 0 radical (unpaired) electrons. The highest BCUT2D eigenvalue weighted by Gasteiger charge is 2.24. The van der Waals surface area contributed by atoms with Gasteiger partial charge in [0.2, 0.25) is 0 Å². The number of likely N-dealkylation sites (N-methyl/N-ethyl adjacent to an activating group) is 1. The summed E-state index contributed by atoms with van der Waals surface area (Å²) in [6.07, 6.45) is 0.606. The Bertz CT molecular complexity index is 813. The van der Waals surface area contributed by atoms with Crippen LogP contribution in [0.25, 0.3) is 5.57 Å². The fraction of sp³-hybridized carbons (Fsp3) is 0.286. The second-order valence-corrected chi connectivity index (χ2v) is 6.29. The Morgan fingerprint density at radius 3 is 2.72 bits per heavy atom. The van der Waals surface area contributed by atoms with Gasteiger partial charge in [-0.1, -0.05) is 36.4 Å². The fourth-order valence-corrected chi connectivity index (χ4v) is 3.06. The molecule has 0 unspecified atom stereocenters. The number of nitrogens with one attached hydrogen (secondary N) is 1. The van der Waals surface area contributed by atoms with E-state index in [2.05, 4.69) is 5.32 Å². The molecule has 0 saturated carbocycles. The van der Waals surface area contributed by atoms with Crippen molar-refractivity contribution in [2.45, 2.75) is 32.5 Å². The van der Waals surface area contributed by atoms with Gasteiger partial charge in [0.05, 0.1) is 6.04 Å². The molecule has 3 nitrogen and oxygen atoms in total. The number of ketones is 1. The summed E-state index contributed by atoms with van der Waals surface area (Å²) in [5.74, 6) is 1.53. The summed E-state index contributed by atoms with van der Waals surface area (Å²) in [4.78, 5) is 12.6. The number of carbonyl (C=O) groups is 1. The maximum atomic E-state index is 13.1. The number of rotatable bonds is 4. The summed E-state index contributed by atoms with van der Waals surface area (Å²) in [5.41, 5.74) is 3.14. The zero-order valence-electron chi connectivity index (χ0n) is 14.5. The first-order chi connectivity index (χ1) is 12.1. The number of carbonyl (C=O) groups excluding carboxylic acids is 1. The monoisotopic (exact) mass is 339 g/mol. The third-order valence-electron chi connectivity index (χ3n) is 4.51. The van der Waals surface area contributed by atoms with Gasteiger partial charge < -0.3 is 10.1 Å². The van der Waals surface area contributed by atoms with Crippen molar-refractivity contribution in [2.24, 2.45) is 0 Å². The molecule has 0 amide bonds. The molecule has 3 rings (SSSR count). The summed E-state index contributed by atoms with van der Waals surface area (Å²) >= 11 is 0. The molecule has 1 aliphatic heterocycles. The molecule has 1 N–H and O–H groups in total. The molecular formula is C21H22FNO2. The number of hydrogen-bond acceptors (Lipinski definition) is 3. The van der Waals surface area contributed by atoms with Gasteiger partial charge in [0, 0.05) is 24.0 Å². The standard InChI is InChI=1S/C21H22FNO2/c1-14(23-2)21-19(16-8-5-6-15(10-16)13-22)12-18(24)11-17-7-3-4-9-20(17)25-21/h3-10,14,23H,11-13H2,1-2H3/b21-19+/t14-/m1/s1. The summed E-state index contributed by atoms with van der Waals surface area (Å²) in [5, 5.41) is 3.19. The third-order valence-corrected chi connectivity index (χ3v) is 4.51. The molecule has 0 bridgehead atoms. The minimum Gasteiger partial charge on any atom is -0.459 e. The highest BCUT2D eigenvalue weighted by atomic mass is 19.1. The first-order valence-corrected chi connectivity index (χ1v) is 8.45. The van der Waals surface area contributed by atoms with E-state index in [0.29, 0.717) is 23.5 Å². The lowest BCUT2D eigenvalue weighted by Crippen LogP contribution is -2.29. The van der Waals surface area contributed by atoms with Crippen molar-refractivity contribution in [1.29, 1.82) is 0 Å². The second kappa shape index (κ2) is 7.62. The predicted octanol–water partition coefficient (Wildman–Crippen LogP) is 4.07. The molecule has 25 heavy (non-hydrogen) atoms. The largest absolute Gasteiger partial charge is 0.459 e. The zero-order chi connectivity index (χ0) is 17.8. The molecule has 0 aromatic heterocycles. The Balaban J connectivity index is 2.16. The van der Waals surface area contributed by atoms with Crippen molar-refractivity contribution >= 4 is 11.4 Å². The molecular weight excluding hydrogens is 317 g/mol. The van der Waals surface area contributed by atoms with Gasteiger partial charge in [0.15, 0.2) is 0 Å². The lowest BCUT2D eigenvalue weighted by atomic mass is 9.92. The van der Waals surface area contributed by atoms with Crippen molar-refractivity contribution in [1.82, 2.24) is 5.32 Å². The maximum Gasteiger partial charge on any atom is 0.141 e. The minimum absolute atomic E-state index is 0.0806. The Hall–Kier alpha value is -2.46. The number of alkyl halides is 1. The van der Waals surface area contributed by atoms with Gasteiger partial charge in [0.25, 0.3) is 0 Å². The summed E-state index contributed by atoms with van der Waals surface area (Å²) in [7, 11) is 1.85. The van der Waals surface area contributed by atoms with Crippen LogP contribution in [0.4, 0.5) is 4.39 Å². The highest BCUT2D eigenvalue weighted by Crippen LogP contribution is 2.33. The van der Waals surface area contributed by atoms with Crippen molar-refractivity contribution in [3.8, 4) is 5.75 Å². The number of benzene rings is 2. The molecule has 2 aromatic carbocycles. The average molecular weight is 339 g/mol. The maximum absolute atomic E-state index is 13.1. The van der Waals surface area contributed by atoms with Crippen LogP contribution in [0.3, 0.4) is 0 Å². The first-order valence-electron chi connectivity index (χ1n) is 8.45. The first kappa shape index (κ1) is 17.4. The average Bonchev–Trinajstić information content (AvgIpc) is 2.63. The Morgan fingerprint density at radius 1 is 1.16 bits per heavy atom. The van der Waals surface area contributed by atoms with Crippen LogP contribution in [0.15, 0.2) is 54.3 Å². The molecule has 2 aromatic rings. The van der Waals surface area contributed by atoms with Crippen LogP contribution in [-0.4, -0.2) is 18.9 Å². The van der Waals surface area contributed by atoms with E-state index >= 15 is 0 Å². The lowest BCUT2D eigenvalue weighted by Gasteiger charge is -2.25. The number of Topliss-reactive ketones (excluding diaryl/α,β-unsaturated/α-hetero) is 1. The van der Waals surface area contributed by atoms with Gasteiger partial charge in [-0.3, -0.25) is 4.79 Å². The quantitative estimate of drug-likeness (QED) is 0.912. The van der Waals surface area contributed by atoms with E-state index in [1.165, 1.54) is 0 Å². The third kappa shape index (κ3) is 3.80. The zero-order valence-corrected chi connectivity index (χ0v) is 14.5. The molecule has 1 aliphatic rings. The molecule has 1 heterocycles. The van der Waals surface area contributed by atoms with Gasteiger partial charge in [0.1, 0.15) is 24.0 Å². The molecule has 0 aliphatic carbocycles. The van der Waals surface area contributed by atoms with Crippen molar-refractivity contribution in [3.63, 3.8) is 0 Å². The van der Waals surface area contributed by atoms with E-state index in [9.17, 15) is 9.18 Å². The van der Waals surface area contributed by atoms with E-state index in [-0.39, 0.29) is 18.2 Å². The highest BCUT2D eigenvalue weighted by molar-refractivity contribution is 5.93. The van der Waals surface area contributed by atoms with Crippen LogP contribution in [0.5, 0.6) is 5.75 Å². The van der Waals surface area contributed by atoms with Gasteiger partial charge in [-0.05, 0) is 37.2 Å². The molecule has 4 heteroatoms. The van der Waals surface area contributed by atoms with Gasteiger partial charge in [-0.15, -0.1) is 0 Å². The van der Waals surface area contributed by atoms with E-state index in [1.807, 2.05) is 50.4 Å². The van der Waals surface area contributed by atoms with E-state index in [4.69, 9.17) is 4.74 Å². The number of allylic oxidation sites excluding steroid dienone is 1. The SMILES string of the molecule is CN[C@H](C)/C1=C(\c2cccc(CF)c2)CC(=O)Cc2ccccc2O1. The van der Waals surface area contributed by atoms with Crippen molar-refractivity contribution in [2.75, 3.05) is 7.05 Å². The van der Waals surface area contributed by atoms with E-state index < -0.39 is 6.67 Å². The smallest absolute Gasteiger partial charge is 0.141 e. The fourth-order valence-electron chi connectivity index (χ4n) is 3.06.